The molecule has 3 N–H and O–H groups in total. The third-order valence-corrected chi connectivity index (χ3v) is 6.11. The highest BCUT2D eigenvalue weighted by molar-refractivity contribution is 6.33. The second kappa shape index (κ2) is 17.2. The van der Waals surface area contributed by atoms with Crippen LogP contribution in [0.5, 0.6) is 5.75 Å². The molecule has 0 spiro atoms. The van der Waals surface area contributed by atoms with Gasteiger partial charge in [-0.25, -0.2) is 0 Å². The first-order valence-electron chi connectivity index (χ1n) is 12.4. The standard InChI is InChI=1S/C20H26ClN3O4.C6H5Cl.C2H6/c21-18-11-17(28-10-9-25)3-4-19(18)24-7-5-23(6-8-24)13-20(27)15-1-2-16(14-26)22-12-15;7-6-4-2-1-3-5-6;1-2/h1-4,11-12,20,25-27H,5-10,13-14H2;1-5H;1-2H3. The van der Waals surface area contributed by atoms with Gasteiger partial charge in [-0.1, -0.05) is 61.3 Å². The van der Waals surface area contributed by atoms with Crippen molar-refractivity contribution in [2.24, 2.45) is 0 Å². The number of aliphatic hydroxyl groups is 3. The van der Waals surface area contributed by atoms with Crippen LogP contribution in [0.2, 0.25) is 10.0 Å². The molecule has 37 heavy (non-hydrogen) atoms. The zero-order valence-corrected chi connectivity index (χ0v) is 22.9. The molecule has 7 nitrogen and oxygen atoms in total. The summed E-state index contributed by atoms with van der Waals surface area (Å²) in [5.41, 5.74) is 2.30. The molecule has 0 amide bonds. The fraction of sp³-hybridized carbons (Fsp3) is 0.393. The summed E-state index contributed by atoms with van der Waals surface area (Å²) in [5, 5.41) is 29.8. The Morgan fingerprint density at radius 3 is 2.16 bits per heavy atom. The van der Waals surface area contributed by atoms with Gasteiger partial charge in [0, 0.05) is 55.6 Å². The van der Waals surface area contributed by atoms with E-state index in [2.05, 4.69) is 14.8 Å². The molecule has 1 unspecified atom stereocenters. The smallest absolute Gasteiger partial charge is 0.121 e. The van der Waals surface area contributed by atoms with E-state index in [9.17, 15) is 5.11 Å². The van der Waals surface area contributed by atoms with E-state index in [0.717, 1.165) is 42.5 Å². The van der Waals surface area contributed by atoms with Crippen LogP contribution >= 0.6 is 23.2 Å². The van der Waals surface area contributed by atoms with Gasteiger partial charge in [-0.05, 0) is 30.3 Å². The number of pyridine rings is 1. The Morgan fingerprint density at radius 1 is 0.946 bits per heavy atom. The van der Waals surface area contributed by atoms with Crippen LogP contribution in [0.25, 0.3) is 0 Å². The molecule has 2 heterocycles. The molecular formula is C28H37Cl2N3O4. The lowest BCUT2D eigenvalue weighted by Gasteiger charge is -2.37. The maximum absolute atomic E-state index is 10.5. The molecule has 1 atom stereocenters. The summed E-state index contributed by atoms with van der Waals surface area (Å²) in [6.07, 6.45) is 1.01. The van der Waals surface area contributed by atoms with E-state index in [4.69, 9.17) is 38.2 Å². The molecular weight excluding hydrogens is 513 g/mol. The first kappa shape index (κ1) is 30.8. The van der Waals surface area contributed by atoms with Gasteiger partial charge < -0.3 is 25.0 Å². The van der Waals surface area contributed by atoms with Crippen LogP contribution < -0.4 is 9.64 Å². The first-order valence-corrected chi connectivity index (χ1v) is 13.2. The Hall–Kier alpha value is -2.39. The lowest BCUT2D eigenvalue weighted by atomic mass is 10.1. The number of nitrogens with zero attached hydrogens (tertiary/aromatic N) is 3. The van der Waals surface area contributed by atoms with E-state index >= 15 is 0 Å². The summed E-state index contributed by atoms with van der Waals surface area (Å²) in [6, 6.07) is 18.5. The number of rotatable bonds is 8. The summed E-state index contributed by atoms with van der Waals surface area (Å²) in [5.74, 6) is 0.644. The Balaban J connectivity index is 0.000000455. The second-order valence-electron chi connectivity index (χ2n) is 8.03. The minimum atomic E-state index is -0.613. The van der Waals surface area contributed by atoms with E-state index in [0.29, 0.717) is 23.0 Å². The number of halogens is 2. The molecule has 0 radical (unpaired) electrons. The van der Waals surface area contributed by atoms with Gasteiger partial charge in [0.25, 0.3) is 0 Å². The third-order valence-electron chi connectivity index (χ3n) is 5.55. The van der Waals surface area contributed by atoms with Crippen LogP contribution in [0.15, 0.2) is 66.9 Å². The molecule has 202 valence electrons. The number of aromatic nitrogens is 1. The van der Waals surface area contributed by atoms with E-state index in [1.54, 1.807) is 24.4 Å². The van der Waals surface area contributed by atoms with Crippen molar-refractivity contribution in [3.63, 3.8) is 0 Å². The molecule has 0 bridgehead atoms. The number of β-amino-alcohol motifs (C(OH)–C–C–N with tert-alkyl or cyclic N) is 1. The van der Waals surface area contributed by atoms with Crippen molar-refractivity contribution >= 4 is 28.9 Å². The Morgan fingerprint density at radius 2 is 1.65 bits per heavy atom. The topological polar surface area (TPSA) is 89.3 Å². The van der Waals surface area contributed by atoms with E-state index < -0.39 is 6.10 Å². The lowest BCUT2D eigenvalue weighted by molar-refractivity contribution is 0.109. The van der Waals surface area contributed by atoms with Gasteiger partial charge in [-0.15, -0.1) is 0 Å². The summed E-state index contributed by atoms with van der Waals surface area (Å²) in [4.78, 5) is 8.56. The van der Waals surface area contributed by atoms with Crippen LogP contribution in [0.1, 0.15) is 31.2 Å². The van der Waals surface area contributed by atoms with Gasteiger partial charge in [0.2, 0.25) is 0 Å². The van der Waals surface area contributed by atoms with Crippen molar-refractivity contribution in [3.05, 3.63) is 88.2 Å². The highest BCUT2D eigenvalue weighted by Gasteiger charge is 2.21. The lowest BCUT2D eigenvalue weighted by Crippen LogP contribution is -2.47. The minimum Gasteiger partial charge on any atom is -0.491 e. The van der Waals surface area contributed by atoms with Crippen LogP contribution in [0, 0.1) is 0 Å². The molecule has 0 saturated carbocycles. The normalized spacial score (nSPS) is 14.1. The van der Waals surface area contributed by atoms with Gasteiger partial charge in [-0.2, -0.15) is 0 Å². The molecule has 3 aromatic rings. The molecule has 1 aliphatic heterocycles. The molecule has 9 heteroatoms. The van der Waals surface area contributed by atoms with Crippen LogP contribution in [0.3, 0.4) is 0 Å². The Kier molecular flexibility index (Phi) is 14.3. The second-order valence-corrected chi connectivity index (χ2v) is 8.87. The molecule has 1 aromatic heterocycles. The number of benzene rings is 2. The first-order chi connectivity index (χ1) is 18.0. The van der Waals surface area contributed by atoms with E-state index in [1.165, 1.54) is 0 Å². The van der Waals surface area contributed by atoms with Crippen molar-refractivity contribution in [1.82, 2.24) is 9.88 Å². The van der Waals surface area contributed by atoms with Crippen molar-refractivity contribution in [2.45, 2.75) is 26.6 Å². The fourth-order valence-corrected chi connectivity index (χ4v) is 4.10. The zero-order chi connectivity index (χ0) is 27.0. The number of hydrogen-bond donors (Lipinski definition) is 3. The molecule has 0 aliphatic carbocycles. The molecule has 1 fully saturated rings. The number of piperazine rings is 1. The van der Waals surface area contributed by atoms with Crippen molar-refractivity contribution in [3.8, 4) is 5.75 Å². The van der Waals surface area contributed by atoms with Crippen LogP contribution in [0.4, 0.5) is 5.69 Å². The van der Waals surface area contributed by atoms with Crippen molar-refractivity contribution < 1.29 is 20.1 Å². The number of aliphatic hydroxyl groups excluding tert-OH is 3. The van der Waals surface area contributed by atoms with E-state index in [1.807, 2.05) is 56.3 Å². The summed E-state index contributed by atoms with van der Waals surface area (Å²) >= 11 is 11.9. The molecule has 2 aromatic carbocycles. The quantitative estimate of drug-likeness (QED) is 0.371. The van der Waals surface area contributed by atoms with Crippen molar-refractivity contribution in [1.29, 1.82) is 0 Å². The van der Waals surface area contributed by atoms with Gasteiger partial charge in [0.05, 0.1) is 35.7 Å². The molecule has 1 aliphatic rings. The van der Waals surface area contributed by atoms with Gasteiger partial charge in [-0.3, -0.25) is 9.88 Å². The average Bonchev–Trinajstić information content (AvgIpc) is 2.94. The van der Waals surface area contributed by atoms with E-state index in [-0.39, 0.29) is 19.8 Å². The van der Waals surface area contributed by atoms with Gasteiger partial charge in [0.1, 0.15) is 12.4 Å². The molecule has 4 rings (SSSR count). The highest BCUT2D eigenvalue weighted by atomic mass is 35.5. The third kappa shape index (κ3) is 10.5. The summed E-state index contributed by atoms with van der Waals surface area (Å²) < 4.78 is 5.39. The monoisotopic (exact) mass is 549 g/mol. The highest BCUT2D eigenvalue weighted by Crippen LogP contribution is 2.30. The summed E-state index contributed by atoms with van der Waals surface area (Å²) in [6.45, 7) is 7.90. The number of hydrogen-bond acceptors (Lipinski definition) is 7. The number of ether oxygens (including phenoxy) is 1. The van der Waals surface area contributed by atoms with Crippen LogP contribution in [-0.2, 0) is 6.61 Å². The van der Waals surface area contributed by atoms with Gasteiger partial charge in [0.15, 0.2) is 0 Å². The largest absolute Gasteiger partial charge is 0.491 e. The zero-order valence-electron chi connectivity index (χ0n) is 21.4. The predicted octanol–water partition coefficient (Wildman–Crippen LogP) is 4.82. The average molecular weight is 551 g/mol. The van der Waals surface area contributed by atoms with Gasteiger partial charge >= 0.3 is 0 Å². The maximum Gasteiger partial charge on any atom is 0.121 e. The summed E-state index contributed by atoms with van der Waals surface area (Å²) in [7, 11) is 0. The van der Waals surface area contributed by atoms with Crippen LogP contribution in [-0.4, -0.2) is 71.1 Å². The minimum absolute atomic E-state index is 0.0329. The number of anilines is 1. The predicted molar refractivity (Wildman–Crippen MR) is 151 cm³/mol. The Bertz CT molecular complexity index is 1020. The Labute approximate surface area is 229 Å². The SMILES string of the molecule is CC.Clc1ccccc1.OCCOc1ccc(N2CCN(CC(O)c3ccc(CO)nc3)CC2)c(Cl)c1. The molecule has 1 saturated heterocycles. The maximum atomic E-state index is 10.5. The fourth-order valence-electron chi connectivity index (χ4n) is 3.66. The van der Waals surface area contributed by atoms with Crippen molar-refractivity contribution in [2.75, 3.05) is 50.8 Å².